The van der Waals surface area contributed by atoms with Crippen molar-refractivity contribution in [2.75, 3.05) is 5.32 Å². The molecule has 0 radical (unpaired) electrons. The zero-order valence-electron chi connectivity index (χ0n) is 18.1. The van der Waals surface area contributed by atoms with E-state index < -0.39 is 23.7 Å². The Kier molecular flexibility index (Phi) is 4.91. The molecule has 166 valence electrons. The Labute approximate surface area is 183 Å². The molecule has 3 heterocycles. The average Bonchev–Trinajstić information content (AvgIpc) is 3.36. The molecule has 1 fully saturated rings. The van der Waals surface area contributed by atoms with Gasteiger partial charge in [-0.25, -0.2) is 19.3 Å². The second-order valence-electron chi connectivity index (χ2n) is 8.39. The Balaban J connectivity index is 1.51. The normalized spacial score (nSPS) is 14.9. The Morgan fingerprint density at radius 2 is 1.88 bits per heavy atom. The third-order valence-electron chi connectivity index (χ3n) is 6.29. The lowest BCUT2D eigenvalue weighted by Gasteiger charge is -2.25. The Morgan fingerprint density at radius 3 is 2.66 bits per heavy atom. The SMILES string of the molecule is Cn1cnc2c1c(=O)n(CC(=O)Nc1nc3ccccc3n1C1CCCCC1)c(=O)n2C. The maximum Gasteiger partial charge on any atom is 0.332 e. The van der Waals surface area contributed by atoms with Crippen LogP contribution >= 0.6 is 0 Å². The summed E-state index contributed by atoms with van der Waals surface area (Å²) in [4.78, 5) is 47.4. The summed E-state index contributed by atoms with van der Waals surface area (Å²) >= 11 is 0. The van der Waals surface area contributed by atoms with E-state index in [4.69, 9.17) is 0 Å². The summed E-state index contributed by atoms with van der Waals surface area (Å²) in [5, 5.41) is 2.86. The highest BCUT2D eigenvalue weighted by molar-refractivity contribution is 5.91. The molecule has 0 saturated heterocycles. The molecule has 0 atom stereocenters. The van der Waals surface area contributed by atoms with E-state index >= 15 is 0 Å². The first-order valence-corrected chi connectivity index (χ1v) is 10.8. The average molecular weight is 435 g/mol. The van der Waals surface area contributed by atoms with Crippen LogP contribution in [0, 0.1) is 0 Å². The first kappa shape index (κ1) is 20.2. The van der Waals surface area contributed by atoms with E-state index in [-0.39, 0.29) is 11.6 Å². The van der Waals surface area contributed by atoms with Crippen molar-refractivity contribution in [2.24, 2.45) is 14.1 Å². The molecule has 1 N–H and O–H groups in total. The molecule has 1 saturated carbocycles. The van der Waals surface area contributed by atoms with Gasteiger partial charge in [0.15, 0.2) is 11.2 Å². The van der Waals surface area contributed by atoms with Crippen LogP contribution in [0.15, 0.2) is 40.2 Å². The molecular formula is C22H25N7O3. The van der Waals surface area contributed by atoms with Gasteiger partial charge in [0.05, 0.1) is 17.4 Å². The van der Waals surface area contributed by atoms with Crippen molar-refractivity contribution >= 4 is 34.1 Å². The summed E-state index contributed by atoms with van der Waals surface area (Å²) in [6.45, 7) is -0.402. The summed E-state index contributed by atoms with van der Waals surface area (Å²) < 4.78 is 5.86. The van der Waals surface area contributed by atoms with Gasteiger partial charge in [0.25, 0.3) is 5.56 Å². The molecule has 32 heavy (non-hydrogen) atoms. The van der Waals surface area contributed by atoms with Crippen LogP contribution in [-0.4, -0.2) is 34.1 Å². The van der Waals surface area contributed by atoms with Crippen LogP contribution in [-0.2, 0) is 25.4 Å². The predicted octanol–water partition coefficient (Wildman–Crippen LogP) is 1.93. The molecule has 1 aromatic carbocycles. The van der Waals surface area contributed by atoms with Crippen LogP contribution in [0.4, 0.5) is 5.95 Å². The molecule has 0 aliphatic heterocycles. The fraction of sp³-hybridized carbons (Fsp3) is 0.409. The molecule has 10 heteroatoms. The highest BCUT2D eigenvalue weighted by Crippen LogP contribution is 2.34. The minimum Gasteiger partial charge on any atom is -0.328 e. The molecule has 0 unspecified atom stereocenters. The van der Waals surface area contributed by atoms with Gasteiger partial charge in [0.2, 0.25) is 11.9 Å². The molecule has 1 aliphatic carbocycles. The highest BCUT2D eigenvalue weighted by Gasteiger charge is 2.23. The number of nitrogens with one attached hydrogen (secondary N) is 1. The zero-order valence-corrected chi connectivity index (χ0v) is 18.1. The number of para-hydroxylation sites is 2. The van der Waals surface area contributed by atoms with E-state index in [1.54, 1.807) is 11.6 Å². The minimum atomic E-state index is -0.586. The number of fused-ring (bicyclic) bond motifs is 2. The van der Waals surface area contributed by atoms with E-state index in [1.165, 1.54) is 24.4 Å². The first-order valence-electron chi connectivity index (χ1n) is 10.8. The quantitative estimate of drug-likeness (QED) is 0.527. The van der Waals surface area contributed by atoms with E-state index in [0.717, 1.165) is 41.3 Å². The fourth-order valence-corrected chi connectivity index (χ4v) is 4.69. The Bertz CT molecular complexity index is 1450. The van der Waals surface area contributed by atoms with E-state index in [1.807, 2.05) is 24.3 Å². The number of hydrogen-bond acceptors (Lipinski definition) is 5. The standard InChI is InChI=1S/C22H25N7O3/c1-26-13-23-19-18(26)20(31)28(22(32)27(19)2)12-17(30)25-21-24-15-10-6-7-11-16(15)29(21)14-8-4-3-5-9-14/h6-7,10-11,13-14H,3-5,8-9,12H2,1-2H3,(H,24,25,30). The third kappa shape index (κ3) is 3.22. The minimum absolute atomic E-state index is 0.257. The molecule has 0 spiro atoms. The first-order chi connectivity index (χ1) is 15.5. The lowest BCUT2D eigenvalue weighted by Crippen LogP contribution is -2.42. The monoisotopic (exact) mass is 435 g/mol. The van der Waals surface area contributed by atoms with Crippen molar-refractivity contribution in [3.63, 3.8) is 0 Å². The number of imidazole rings is 2. The van der Waals surface area contributed by atoms with E-state index in [0.29, 0.717) is 11.6 Å². The summed E-state index contributed by atoms with van der Waals surface area (Å²) in [5.74, 6) is -0.0207. The highest BCUT2D eigenvalue weighted by atomic mass is 16.2. The predicted molar refractivity (Wildman–Crippen MR) is 121 cm³/mol. The maximum absolute atomic E-state index is 13.0. The van der Waals surface area contributed by atoms with Crippen molar-refractivity contribution in [1.29, 1.82) is 0 Å². The van der Waals surface area contributed by atoms with E-state index in [9.17, 15) is 14.4 Å². The zero-order chi connectivity index (χ0) is 22.4. The number of amides is 1. The fourth-order valence-electron chi connectivity index (χ4n) is 4.69. The summed E-state index contributed by atoms with van der Waals surface area (Å²) in [6.07, 6.45) is 7.03. The smallest absolute Gasteiger partial charge is 0.328 e. The summed E-state index contributed by atoms with van der Waals surface area (Å²) in [5.41, 5.74) is 1.21. The Hall–Kier alpha value is -3.69. The second kappa shape index (κ2) is 7.77. The second-order valence-corrected chi connectivity index (χ2v) is 8.39. The van der Waals surface area contributed by atoms with Gasteiger partial charge in [-0.1, -0.05) is 31.4 Å². The number of aryl methyl sites for hydroxylation is 2. The van der Waals surface area contributed by atoms with Gasteiger partial charge in [0, 0.05) is 20.1 Å². The number of anilines is 1. The van der Waals surface area contributed by atoms with Crippen LogP contribution in [0.1, 0.15) is 38.1 Å². The van der Waals surface area contributed by atoms with Gasteiger partial charge < -0.3 is 9.13 Å². The van der Waals surface area contributed by atoms with Crippen molar-refractivity contribution in [3.05, 3.63) is 51.4 Å². The van der Waals surface area contributed by atoms with Crippen LogP contribution in [0.2, 0.25) is 0 Å². The molecule has 4 aromatic rings. The van der Waals surface area contributed by atoms with Crippen molar-refractivity contribution < 1.29 is 4.79 Å². The number of hydrogen-bond donors (Lipinski definition) is 1. The third-order valence-corrected chi connectivity index (χ3v) is 6.29. The van der Waals surface area contributed by atoms with Gasteiger partial charge in [0.1, 0.15) is 6.54 Å². The van der Waals surface area contributed by atoms with Gasteiger partial charge in [-0.3, -0.25) is 19.5 Å². The van der Waals surface area contributed by atoms with Crippen molar-refractivity contribution in [3.8, 4) is 0 Å². The lowest BCUT2D eigenvalue weighted by molar-refractivity contribution is -0.116. The van der Waals surface area contributed by atoms with Crippen LogP contribution in [0.3, 0.4) is 0 Å². The van der Waals surface area contributed by atoms with E-state index in [2.05, 4.69) is 19.9 Å². The van der Waals surface area contributed by atoms with Crippen LogP contribution in [0.5, 0.6) is 0 Å². The molecular weight excluding hydrogens is 410 g/mol. The maximum atomic E-state index is 13.0. The summed E-state index contributed by atoms with van der Waals surface area (Å²) in [6, 6.07) is 8.05. The van der Waals surface area contributed by atoms with Gasteiger partial charge in [-0.05, 0) is 25.0 Å². The number of carbonyl (C=O) groups is 1. The molecule has 1 amide bonds. The Morgan fingerprint density at radius 1 is 1.12 bits per heavy atom. The van der Waals surface area contributed by atoms with Crippen molar-refractivity contribution in [2.45, 2.75) is 44.7 Å². The topological polar surface area (TPSA) is 109 Å². The number of rotatable bonds is 4. The van der Waals surface area contributed by atoms with Gasteiger partial charge in [-0.2, -0.15) is 0 Å². The largest absolute Gasteiger partial charge is 0.332 e. The molecule has 3 aromatic heterocycles. The van der Waals surface area contributed by atoms with Crippen LogP contribution < -0.4 is 16.6 Å². The molecule has 0 bridgehead atoms. The molecule has 5 rings (SSSR count). The van der Waals surface area contributed by atoms with Crippen molar-refractivity contribution in [1.82, 2.24) is 28.2 Å². The summed E-state index contributed by atoms with van der Waals surface area (Å²) in [7, 11) is 3.21. The van der Waals surface area contributed by atoms with Gasteiger partial charge in [-0.15, -0.1) is 0 Å². The molecule has 1 aliphatic rings. The molecule has 10 nitrogen and oxygen atoms in total. The van der Waals surface area contributed by atoms with Gasteiger partial charge >= 0.3 is 5.69 Å². The van der Waals surface area contributed by atoms with Crippen LogP contribution in [0.25, 0.3) is 22.2 Å². The number of benzene rings is 1. The lowest BCUT2D eigenvalue weighted by atomic mass is 9.95. The number of aromatic nitrogens is 6. The number of nitrogens with zero attached hydrogens (tertiary/aromatic N) is 6. The number of carbonyl (C=O) groups excluding carboxylic acids is 1.